The number of H-pyrrole nitrogens is 1. The summed E-state index contributed by atoms with van der Waals surface area (Å²) >= 11 is 4.59. The van der Waals surface area contributed by atoms with Gasteiger partial charge >= 0.3 is 0 Å². The van der Waals surface area contributed by atoms with Crippen LogP contribution in [0.25, 0.3) is 20.7 Å². The van der Waals surface area contributed by atoms with Gasteiger partial charge in [0, 0.05) is 22.4 Å². The number of rotatable bonds is 6. The number of tetrazole rings is 1. The zero-order valence-electron chi connectivity index (χ0n) is 15.6. The van der Waals surface area contributed by atoms with Crippen molar-refractivity contribution in [1.82, 2.24) is 30.2 Å². The molecule has 0 aliphatic carbocycles. The van der Waals surface area contributed by atoms with E-state index in [0.29, 0.717) is 22.9 Å². The average molecular weight is 447 g/mol. The van der Waals surface area contributed by atoms with Gasteiger partial charge in [-0.3, -0.25) is 4.79 Å². The van der Waals surface area contributed by atoms with E-state index in [4.69, 9.17) is 9.72 Å². The van der Waals surface area contributed by atoms with Crippen molar-refractivity contribution in [2.45, 2.75) is 42.8 Å². The number of thioether (sulfide) groups is 1. The molecular weight excluding hydrogens is 428 g/mol. The van der Waals surface area contributed by atoms with Gasteiger partial charge in [0.2, 0.25) is 5.16 Å². The number of fused-ring (bicyclic) bond motifs is 1. The molecule has 0 saturated carbocycles. The summed E-state index contributed by atoms with van der Waals surface area (Å²) < 4.78 is 7.46. The van der Waals surface area contributed by atoms with E-state index >= 15 is 0 Å². The van der Waals surface area contributed by atoms with Crippen LogP contribution in [0.2, 0.25) is 0 Å². The van der Waals surface area contributed by atoms with E-state index in [9.17, 15) is 4.79 Å². The third-order valence-corrected chi connectivity index (χ3v) is 7.67. The highest BCUT2D eigenvalue weighted by Gasteiger charge is 2.22. The van der Waals surface area contributed by atoms with Gasteiger partial charge in [-0.2, -0.15) is 0 Å². The number of aromatic amines is 1. The Morgan fingerprint density at radius 1 is 1.45 bits per heavy atom. The molecule has 8 nitrogen and oxygen atoms in total. The van der Waals surface area contributed by atoms with Crippen molar-refractivity contribution in [3.05, 3.63) is 39.1 Å². The Morgan fingerprint density at radius 3 is 3.17 bits per heavy atom. The van der Waals surface area contributed by atoms with Crippen LogP contribution < -0.4 is 5.56 Å². The van der Waals surface area contributed by atoms with E-state index < -0.39 is 0 Å². The molecule has 1 aliphatic rings. The first kappa shape index (κ1) is 18.9. The van der Waals surface area contributed by atoms with Crippen LogP contribution in [0.15, 0.2) is 32.8 Å². The van der Waals surface area contributed by atoms with Crippen LogP contribution in [0.4, 0.5) is 0 Å². The summed E-state index contributed by atoms with van der Waals surface area (Å²) in [7, 11) is 0. The van der Waals surface area contributed by atoms with E-state index in [2.05, 4.69) is 20.5 Å². The largest absolute Gasteiger partial charge is 0.376 e. The van der Waals surface area contributed by atoms with Crippen molar-refractivity contribution in [3.63, 3.8) is 0 Å². The van der Waals surface area contributed by atoms with Gasteiger partial charge in [0.1, 0.15) is 10.7 Å². The Kier molecular flexibility index (Phi) is 5.20. The predicted octanol–water partition coefficient (Wildman–Crippen LogP) is 3.73. The number of thiophene rings is 2. The van der Waals surface area contributed by atoms with Crippen LogP contribution in [-0.2, 0) is 11.3 Å². The third-order valence-electron chi connectivity index (χ3n) is 4.82. The smallest absolute Gasteiger partial charge is 0.260 e. The zero-order chi connectivity index (χ0) is 19.8. The van der Waals surface area contributed by atoms with Crippen LogP contribution in [0.5, 0.6) is 0 Å². The Balaban J connectivity index is 1.40. The molecule has 11 heteroatoms. The first-order valence-electron chi connectivity index (χ1n) is 9.29. The highest BCUT2D eigenvalue weighted by molar-refractivity contribution is 7.99. The molecule has 0 bridgehead atoms. The Bertz CT molecular complexity index is 1180. The van der Waals surface area contributed by atoms with Crippen LogP contribution >= 0.6 is 34.4 Å². The van der Waals surface area contributed by atoms with Crippen LogP contribution in [-0.4, -0.2) is 42.9 Å². The Hall–Kier alpha value is -2.08. The number of ether oxygens (including phenoxy) is 1. The van der Waals surface area contributed by atoms with Crippen LogP contribution in [0.3, 0.4) is 0 Å². The molecule has 0 unspecified atom stereocenters. The molecular formula is C18H18N6O2S3. The van der Waals surface area contributed by atoms with Crippen LogP contribution in [0, 0.1) is 0 Å². The molecule has 150 valence electrons. The molecule has 0 aromatic carbocycles. The summed E-state index contributed by atoms with van der Waals surface area (Å²) in [6.07, 6.45) is 2.26. The standard InChI is InChI=1S/C18H18N6O2S3/c1-10(29-18-21-22-23-24(18)8-11-4-2-6-26-11)15-19-16(25)14-12(9-28-17(14)20-15)13-5-3-7-27-13/h3,5,7,9-11H,2,4,6,8H2,1H3,(H,19,20,25)/t10-,11+/m1/s1. The maximum absolute atomic E-state index is 12.8. The van der Waals surface area contributed by atoms with Crippen molar-refractivity contribution >= 4 is 44.7 Å². The molecule has 5 heterocycles. The fraction of sp³-hybridized carbons (Fsp3) is 0.389. The lowest BCUT2D eigenvalue weighted by molar-refractivity contribution is 0.0911. The molecule has 1 fully saturated rings. The molecule has 1 aliphatic heterocycles. The first-order valence-corrected chi connectivity index (χ1v) is 11.9. The van der Waals surface area contributed by atoms with E-state index in [0.717, 1.165) is 34.7 Å². The van der Waals surface area contributed by atoms with Gasteiger partial charge in [0.05, 0.1) is 23.3 Å². The van der Waals surface area contributed by atoms with Crippen molar-refractivity contribution in [2.75, 3.05) is 6.61 Å². The summed E-state index contributed by atoms with van der Waals surface area (Å²) in [4.78, 5) is 22.3. The minimum absolute atomic E-state index is 0.103. The fourth-order valence-corrected chi connectivity index (χ4v) is 5.99. The maximum Gasteiger partial charge on any atom is 0.260 e. The lowest BCUT2D eigenvalue weighted by Gasteiger charge is -2.12. The van der Waals surface area contributed by atoms with Crippen molar-refractivity contribution in [2.24, 2.45) is 0 Å². The van der Waals surface area contributed by atoms with Crippen molar-refractivity contribution in [3.8, 4) is 10.4 Å². The highest BCUT2D eigenvalue weighted by Crippen LogP contribution is 2.36. The van der Waals surface area contributed by atoms with Crippen molar-refractivity contribution in [1.29, 1.82) is 0 Å². The van der Waals surface area contributed by atoms with Gasteiger partial charge in [0.25, 0.3) is 5.56 Å². The first-order chi connectivity index (χ1) is 14.2. The number of nitrogens with zero attached hydrogens (tertiary/aromatic N) is 5. The van der Waals surface area contributed by atoms with Gasteiger partial charge in [-0.15, -0.1) is 27.8 Å². The monoisotopic (exact) mass is 446 g/mol. The fourth-order valence-electron chi connectivity index (χ4n) is 3.36. The number of hydrogen-bond donors (Lipinski definition) is 1. The molecule has 1 N–H and O–H groups in total. The van der Waals surface area contributed by atoms with E-state index in [1.807, 2.05) is 29.8 Å². The number of hydrogen-bond acceptors (Lipinski definition) is 9. The quantitative estimate of drug-likeness (QED) is 0.451. The van der Waals surface area contributed by atoms with Gasteiger partial charge in [0.15, 0.2) is 0 Å². The Morgan fingerprint density at radius 2 is 2.38 bits per heavy atom. The molecule has 0 spiro atoms. The second-order valence-corrected chi connectivity index (χ2v) is 9.91. The summed E-state index contributed by atoms with van der Waals surface area (Å²) in [5, 5.41) is 17.3. The molecule has 4 aromatic heterocycles. The summed E-state index contributed by atoms with van der Waals surface area (Å²) in [5.74, 6) is 0.624. The highest BCUT2D eigenvalue weighted by atomic mass is 32.2. The lowest BCUT2D eigenvalue weighted by atomic mass is 10.2. The minimum atomic E-state index is -0.110. The molecule has 4 aromatic rings. The zero-order valence-corrected chi connectivity index (χ0v) is 18.0. The Labute approximate surface area is 178 Å². The third kappa shape index (κ3) is 3.75. The number of aromatic nitrogens is 6. The number of nitrogens with one attached hydrogen (secondary N) is 1. The predicted molar refractivity (Wildman–Crippen MR) is 115 cm³/mol. The molecule has 5 rings (SSSR count). The van der Waals surface area contributed by atoms with E-state index in [1.165, 1.54) is 23.1 Å². The lowest BCUT2D eigenvalue weighted by Crippen LogP contribution is -2.17. The van der Waals surface area contributed by atoms with E-state index in [-0.39, 0.29) is 16.9 Å². The van der Waals surface area contributed by atoms with E-state index in [1.54, 1.807) is 16.0 Å². The maximum atomic E-state index is 12.8. The molecule has 0 amide bonds. The summed E-state index contributed by atoms with van der Waals surface area (Å²) in [5.41, 5.74) is 0.835. The average Bonchev–Trinajstić information content (AvgIpc) is 3.50. The molecule has 1 saturated heterocycles. The topological polar surface area (TPSA) is 98.6 Å². The molecule has 0 radical (unpaired) electrons. The summed E-state index contributed by atoms with van der Waals surface area (Å²) in [6, 6.07) is 4.00. The normalized spacial score (nSPS) is 17.9. The van der Waals surface area contributed by atoms with Crippen molar-refractivity contribution < 1.29 is 4.74 Å². The molecule has 2 atom stereocenters. The van der Waals surface area contributed by atoms with Gasteiger partial charge in [-0.05, 0) is 41.6 Å². The van der Waals surface area contributed by atoms with Gasteiger partial charge in [-0.25, -0.2) is 9.67 Å². The van der Waals surface area contributed by atoms with Gasteiger partial charge < -0.3 is 9.72 Å². The second kappa shape index (κ2) is 7.98. The van der Waals surface area contributed by atoms with Crippen LogP contribution in [0.1, 0.15) is 30.8 Å². The second-order valence-electron chi connectivity index (χ2n) is 6.80. The van der Waals surface area contributed by atoms with Gasteiger partial charge in [-0.1, -0.05) is 17.8 Å². The minimum Gasteiger partial charge on any atom is -0.376 e. The summed E-state index contributed by atoms with van der Waals surface area (Å²) in [6.45, 7) is 3.43. The SMILES string of the molecule is C[C@@H](Sc1nnnn1C[C@@H]1CCCO1)c1nc2scc(-c3cccs3)c2c(=O)[nH]1. The molecule has 29 heavy (non-hydrogen) atoms.